The average molecular weight is 543 g/mol. The lowest BCUT2D eigenvalue weighted by Gasteiger charge is -2.28. The third kappa shape index (κ3) is 9.68. The fourth-order valence-electron chi connectivity index (χ4n) is 4.01. The highest BCUT2D eigenvalue weighted by Crippen LogP contribution is 2.40. The lowest BCUT2D eigenvalue weighted by Crippen LogP contribution is -2.18. The van der Waals surface area contributed by atoms with Crippen molar-refractivity contribution in [2.24, 2.45) is 0 Å². The fraction of sp³-hybridized carbons (Fsp3) is 0.562. The zero-order valence-electron chi connectivity index (χ0n) is 24.7. The van der Waals surface area contributed by atoms with E-state index in [1.54, 1.807) is 17.8 Å². The normalized spacial score (nSPS) is 12.3. The van der Waals surface area contributed by atoms with Gasteiger partial charge in [-0.05, 0) is 57.1 Å². The molecule has 0 heterocycles. The van der Waals surface area contributed by atoms with Gasteiger partial charge in [0.2, 0.25) is 0 Å². The van der Waals surface area contributed by atoms with Crippen LogP contribution < -0.4 is 0 Å². The SMILES string of the molecule is CC(C)(C)c1cccc(C(=O)OCCSCCOC(=O)CCc2cc(C(C)(C)C)c(O)c(C(C)(C)C)c2)c1. The van der Waals surface area contributed by atoms with Crippen molar-refractivity contribution in [3.63, 3.8) is 0 Å². The summed E-state index contributed by atoms with van der Waals surface area (Å²) in [7, 11) is 0. The smallest absolute Gasteiger partial charge is 0.338 e. The molecule has 0 saturated carbocycles. The second kappa shape index (κ2) is 13.1. The largest absolute Gasteiger partial charge is 0.507 e. The van der Waals surface area contributed by atoms with Crippen LogP contribution in [-0.4, -0.2) is 41.8 Å². The number of rotatable bonds is 10. The number of phenols is 1. The summed E-state index contributed by atoms with van der Waals surface area (Å²) in [5.41, 5.74) is 4.04. The summed E-state index contributed by atoms with van der Waals surface area (Å²) in [5.74, 6) is 1.07. The van der Waals surface area contributed by atoms with Crippen molar-refractivity contribution in [2.75, 3.05) is 24.7 Å². The van der Waals surface area contributed by atoms with Crippen molar-refractivity contribution in [3.8, 4) is 5.75 Å². The van der Waals surface area contributed by atoms with Gasteiger partial charge >= 0.3 is 11.9 Å². The molecule has 0 aliphatic carbocycles. The van der Waals surface area contributed by atoms with Crippen LogP contribution in [0.4, 0.5) is 0 Å². The van der Waals surface area contributed by atoms with Gasteiger partial charge in [0, 0.05) is 17.9 Å². The van der Waals surface area contributed by atoms with Crippen LogP contribution in [0.5, 0.6) is 5.75 Å². The Bertz CT molecular complexity index is 1070. The number of carbonyl (C=O) groups excluding carboxylic acids is 2. The standard InChI is InChI=1S/C32H46O5S/c1-30(2,3)24-12-10-11-23(21-24)29(35)37-16-18-38-17-15-36-27(33)14-13-22-19-25(31(4,5)6)28(34)26(20-22)32(7,8)9/h10-12,19-21,34H,13-18H2,1-9H3. The minimum absolute atomic E-state index is 0.0294. The number of hydrogen-bond donors (Lipinski definition) is 1. The predicted molar refractivity (Wildman–Crippen MR) is 158 cm³/mol. The summed E-state index contributed by atoms with van der Waals surface area (Å²) in [6.07, 6.45) is 0.846. The van der Waals surface area contributed by atoms with E-state index in [1.165, 1.54) is 0 Å². The Hall–Kier alpha value is -2.47. The van der Waals surface area contributed by atoms with E-state index in [4.69, 9.17) is 9.47 Å². The van der Waals surface area contributed by atoms with Gasteiger partial charge in [-0.25, -0.2) is 4.79 Å². The fourth-order valence-corrected chi connectivity index (χ4v) is 4.61. The molecule has 2 aromatic carbocycles. The molecule has 0 atom stereocenters. The molecule has 5 nitrogen and oxygen atoms in total. The van der Waals surface area contributed by atoms with Crippen LogP contribution in [0.2, 0.25) is 0 Å². The maximum atomic E-state index is 12.3. The molecule has 0 unspecified atom stereocenters. The number of phenolic OH excluding ortho intramolecular Hbond substituents is 1. The predicted octanol–water partition coefficient (Wildman–Crippen LogP) is 7.35. The zero-order valence-corrected chi connectivity index (χ0v) is 25.5. The number of thioether (sulfide) groups is 1. The van der Waals surface area contributed by atoms with E-state index in [1.807, 2.05) is 30.3 Å². The van der Waals surface area contributed by atoms with Gasteiger partial charge in [-0.15, -0.1) is 0 Å². The van der Waals surface area contributed by atoms with Gasteiger partial charge in [-0.1, -0.05) is 86.6 Å². The van der Waals surface area contributed by atoms with Crippen LogP contribution >= 0.6 is 11.8 Å². The molecule has 38 heavy (non-hydrogen) atoms. The molecule has 0 aliphatic rings. The molecular weight excluding hydrogens is 496 g/mol. The molecule has 2 rings (SSSR count). The second-order valence-electron chi connectivity index (χ2n) is 12.8. The van der Waals surface area contributed by atoms with E-state index in [9.17, 15) is 14.7 Å². The highest BCUT2D eigenvalue weighted by molar-refractivity contribution is 7.99. The summed E-state index contributed by atoms with van der Waals surface area (Å²) in [5, 5.41) is 10.9. The lowest BCUT2D eigenvalue weighted by molar-refractivity contribution is -0.142. The van der Waals surface area contributed by atoms with Gasteiger partial charge in [0.15, 0.2) is 0 Å². The van der Waals surface area contributed by atoms with Crippen LogP contribution in [-0.2, 0) is 36.9 Å². The third-order valence-corrected chi connectivity index (χ3v) is 7.23. The molecule has 0 saturated heterocycles. The number of esters is 2. The highest BCUT2D eigenvalue weighted by atomic mass is 32.2. The van der Waals surface area contributed by atoms with Gasteiger partial charge in [0.25, 0.3) is 0 Å². The number of aromatic hydroxyl groups is 1. The summed E-state index contributed by atoms with van der Waals surface area (Å²) in [6.45, 7) is 19.4. The monoisotopic (exact) mass is 542 g/mol. The summed E-state index contributed by atoms with van der Waals surface area (Å²) in [6, 6.07) is 11.6. The maximum Gasteiger partial charge on any atom is 0.338 e. The van der Waals surface area contributed by atoms with E-state index in [2.05, 4.69) is 62.3 Å². The van der Waals surface area contributed by atoms with Crippen molar-refractivity contribution in [3.05, 3.63) is 64.2 Å². The van der Waals surface area contributed by atoms with Gasteiger partial charge in [0.1, 0.15) is 19.0 Å². The Morgan fingerprint density at radius 2 is 1.34 bits per heavy atom. The highest BCUT2D eigenvalue weighted by Gasteiger charge is 2.26. The van der Waals surface area contributed by atoms with Crippen LogP contribution in [0.25, 0.3) is 0 Å². The first kappa shape index (κ1) is 31.7. The van der Waals surface area contributed by atoms with Crippen LogP contribution in [0.3, 0.4) is 0 Å². The van der Waals surface area contributed by atoms with Crippen molar-refractivity contribution >= 4 is 23.7 Å². The quantitative estimate of drug-likeness (QED) is 0.250. The number of benzene rings is 2. The van der Waals surface area contributed by atoms with Crippen LogP contribution in [0.15, 0.2) is 36.4 Å². The molecule has 0 fully saturated rings. The average Bonchev–Trinajstić information content (AvgIpc) is 2.80. The first-order chi connectivity index (χ1) is 17.5. The molecule has 0 spiro atoms. The number of ether oxygens (including phenoxy) is 2. The lowest BCUT2D eigenvalue weighted by atomic mass is 9.78. The Morgan fingerprint density at radius 1 is 0.789 bits per heavy atom. The van der Waals surface area contributed by atoms with Gasteiger partial charge < -0.3 is 14.6 Å². The summed E-state index contributed by atoms with van der Waals surface area (Å²) in [4.78, 5) is 24.7. The Labute approximate surface area is 233 Å². The minimum Gasteiger partial charge on any atom is -0.507 e. The van der Waals surface area contributed by atoms with E-state index >= 15 is 0 Å². The zero-order chi connectivity index (χ0) is 28.7. The van der Waals surface area contributed by atoms with E-state index in [-0.39, 0.29) is 34.6 Å². The van der Waals surface area contributed by atoms with Crippen molar-refractivity contribution in [1.29, 1.82) is 0 Å². The third-order valence-electron chi connectivity index (χ3n) is 6.32. The van der Waals surface area contributed by atoms with Gasteiger partial charge in [0.05, 0.1) is 5.56 Å². The number of carbonyl (C=O) groups is 2. The Morgan fingerprint density at radius 3 is 1.87 bits per heavy atom. The Kier molecular flexibility index (Phi) is 10.9. The van der Waals surface area contributed by atoms with Gasteiger partial charge in [-0.3, -0.25) is 4.79 Å². The molecule has 210 valence electrons. The molecule has 0 aromatic heterocycles. The molecule has 0 radical (unpaired) electrons. The molecule has 6 heteroatoms. The van der Waals surface area contributed by atoms with Crippen molar-refractivity contribution in [1.82, 2.24) is 0 Å². The molecule has 0 aliphatic heterocycles. The Balaban J connectivity index is 1.74. The van der Waals surface area contributed by atoms with Crippen LogP contribution in [0, 0.1) is 0 Å². The molecular formula is C32H46O5S. The second-order valence-corrected chi connectivity index (χ2v) is 14.1. The first-order valence-corrected chi connectivity index (χ1v) is 14.5. The molecule has 1 N–H and O–H groups in total. The van der Waals surface area contributed by atoms with Crippen molar-refractivity contribution < 1.29 is 24.2 Å². The van der Waals surface area contributed by atoms with E-state index < -0.39 is 0 Å². The minimum atomic E-state index is -0.318. The van der Waals surface area contributed by atoms with Crippen LogP contribution in [0.1, 0.15) is 101 Å². The first-order valence-electron chi connectivity index (χ1n) is 13.4. The maximum absolute atomic E-state index is 12.3. The molecule has 0 bridgehead atoms. The summed E-state index contributed by atoms with van der Waals surface area (Å²) >= 11 is 1.58. The van der Waals surface area contributed by atoms with Gasteiger partial charge in [-0.2, -0.15) is 11.8 Å². The molecule has 2 aromatic rings. The van der Waals surface area contributed by atoms with E-state index in [0.29, 0.717) is 42.5 Å². The van der Waals surface area contributed by atoms with Crippen molar-refractivity contribution in [2.45, 2.75) is 91.4 Å². The topological polar surface area (TPSA) is 72.8 Å². The number of aryl methyl sites for hydroxylation is 1. The molecule has 0 amide bonds. The summed E-state index contributed by atoms with van der Waals surface area (Å²) < 4.78 is 10.8. The van der Waals surface area contributed by atoms with E-state index in [0.717, 1.165) is 22.3 Å². The number of hydrogen-bond acceptors (Lipinski definition) is 6.